The minimum Gasteiger partial charge on any atom is -0.445 e. The van der Waals surface area contributed by atoms with Crippen molar-refractivity contribution in [1.82, 2.24) is 10.3 Å². The Kier molecular flexibility index (Phi) is 4.28. The van der Waals surface area contributed by atoms with E-state index < -0.39 is 6.09 Å². The maximum absolute atomic E-state index is 11.0. The average Bonchev–Trinajstić information content (AvgIpc) is 2.25. The van der Waals surface area contributed by atoms with Gasteiger partial charge in [-0.25, -0.2) is 4.79 Å². The molecule has 5 heteroatoms. The Morgan fingerprint density at radius 1 is 1.53 bits per heavy atom. The van der Waals surface area contributed by atoms with Crippen molar-refractivity contribution >= 4 is 11.9 Å². The molecule has 15 heavy (non-hydrogen) atoms. The summed E-state index contributed by atoms with van der Waals surface area (Å²) in [5.74, 6) is -0.117. The smallest absolute Gasteiger partial charge is 0.407 e. The largest absolute Gasteiger partial charge is 0.445 e. The molecule has 80 valence electrons. The van der Waals surface area contributed by atoms with E-state index in [9.17, 15) is 9.59 Å². The van der Waals surface area contributed by atoms with Gasteiger partial charge in [0.2, 0.25) is 0 Å². The second kappa shape index (κ2) is 5.74. The summed E-state index contributed by atoms with van der Waals surface area (Å²) in [6.07, 6.45) is 2.64. The molecule has 1 aromatic rings. The van der Waals surface area contributed by atoms with Crippen LogP contribution in [-0.4, -0.2) is 23.4 Å². The minimum absolute atomic E-state index is 0.00806. The van der Waals surface area contributed by atoms with Crippen LogP contribution in [0.15, 0.2) is 24.5 Å². The first kappa shape index (κ1) is 11.2. The maximum Gasteiger partial charge on any atom is 0.407 e. The van der Waals surface area contributed by atoms with Crippen molar-refractivity contribution in [2.75, 3.05) is 6.54 Å². The Labute approximate surface area is 87.5 Å². The zero-order valence-corrected chi connectivity index (χ0v) is 8.40. The summed E-state index contributed by atoms with van der Waals surface area (Å²) in [6.45, 7) is 1.53. The summed E-state index contributed by atoms with van der Waals surface area (Å²) in [4.78, 5) is 25.4. The molecule has 0 saturated carbocycles. The van der Waals surface area contributed by atoms with Crippen molar-refractivity contribution in [2.24, 2.45) is 0 Å². The zero-order chi connectivity index (χ0) is 11.1. The van der Waals surface area contributed by atoms with Gasteiger partial charge >= 0.3 is 6.09 Å². The van der Waals surface area contributed by atoms with Gasteiger partial charge in [-0.3, -0.25) is 9.78 Å². The lowest BCUT2D eigenvalue weighted by atomic mass is 10.3. The number of amides is 1. The number of carbonyl (C=O) groups excluding carboxylic acids is 2. The number of Topliss-reactive ketones (excluding diaryl/α,β-unsaturated/α-hetero) is 1. The Morgan fingerprint density at radius 2 is 2.33 bits per heavy atom. The topological polar surface area (TPSA) is 68.3 Å². The van der Waals surface area contributed by atoms with Crippen LogP contribution >= 0.6 is 0 Å². The van der Waals surface area contributed by atoms with Gasteiger partial charge in [-0.15, -0.1) is 0 Å². The Balaban J connectivity index is 2.26. The molecular formula is C10H12N2O3. The Bertz CT molecular complexity index is 338. The summed E-state index contributed by atoms with van der Waals surface area (Å²) >= 11 is 0. The maximum atomic E-state index is 11.0. The van der Waals surface area contributed by atoms with Gasteiger partial charge in [0.25, 0.3) is 0 Å². The van der Waals surface area contributed by atoms with Crippen molar-refractivity contribution in [3.05, 3.63) is 30.1 Å². The molecule has 0 spiro atoms. The van der Waals surface area contributed by atoms with E-state index in [1.165, 1.54) is 6.92 Å². The molecule has 0 aromatic carbocycles. The molecular weight excluding hydrogens is 196 g/mol. The predicted octanol–water partition coefficient (Wildman–Crippen LogP) is 0.897. The number of aromatic nitrogens is 1. The Hall–Kier alpha value is -1.91. The highest BCUT2D eigenvalue weighted by Crippen LogP contribution is 1.97. The monoisotopic (exact) mass is 208 g/mol. The van der Waals surface area contributed by atoms with Gasteiger partial charge in [-0.2, -0.15) is 0 Å². The number of nitrogens with zero attached hydrogens (tertiary/aromatic N) is 1. The zero-order valence-electron chi connectivity index (χ0n) is 8.40. The highest BCUT2D eigenvalue weighted by atomic mass is 16.5. The van der Waals surface area contributed by atoms with Crippen molar-refractivity contribution < 1.29 is 14.3 Å². The highest BCUT2D eigenvalue weighted by Gasteiger charge is 2.02. The number of hydrogen-bond donors (Lipinski definition) is 1. The summed E-state index contributed by atoms with van der Waals surface area (Å²) in [6, 6.07) is 3.55. The Morgan fingerprint density at radius 3 is 2.93 bits per heavy atom. The van der Waals surface area contributed by atoms with Gasteiger partial charge in [0, 0.05) is 18.0 Å². The van der Waals surface area contributed by atoms with E-state index in [0.717, 1.165) is 5.56 Å². The number of hydrogen-bond acceptors (Lipinski definition) is 4. The molecule has 0 radical (unpaired) electrons. The molecule has 1 aromatic heterocycles. The highest BCUT2D eigenvalue weighted by molar-refractivity contribution is 5.81. The lowest BCUT2D eigenvalue weighted by molar-refractivity contribution is -0.116. The first-order valence-electron chi connectivity index (χ1n) is 4.47. The number of ketones is 1. The molecule has 1 rings (SSSR count). The third-order valence-electron chi connectivity index (χ3n) is 1.57. The van der Waals surface area contributed by atoms with Crippen LogP contribution in [0.5, 0.6) is 0 Å². The molecule has 0 aliphatic carbocycles. The van der Waals surface area contributed by atoms with Crippen LogP contribution in [0.2, 0.25) is 0 Å². The van der Waals surface area contributed by atoms with Crippen molar-refractivity contribution in [3.63, 3.8) is 0 Å². The van der Waals surface area contributed by atoms with Crippen molar-refractivity contribution in [2.45, 2.75) is 13.5 Å². The molecule has 0 aliphatic rings. The molecule has 1 heterocycles. The fraction of sp³-hybridized carbons (Fsp3) is 0.300. The summed E-state index contributed by atoms with van der Waals surface area (Å²) in [5, 5.41) is 2.32. The summed E-state index contributed by atoms with van der Waals surface area (Å²) in [7, 11) is 0. The number of ether oxygens (including phenoxy) is 1. The minimum atomic E-state index is -0.603. The summed E-state index contributed by atoms with van der Waals surface area (Å²) < 4.78 is 4.84. The lowest BCUT2D eigenvalue weighted by Gasteiger charge is -2.04. The number of alkyl carbamates (subject to hydrolysis) is 1. The third kappa shape index (κ3) is 4.75. The van der Waals surface area contributed by atoms with Crippen LogP contribution in [0, 0.1) is 0 Å². The van der Waals surface area contributed by atoms with Gasteiger partial charge in [0.1, 0.15) is 12.4 Å². The van der Waals surface area contributed by atoms with E-state index in [1.807, 2.05) is 0 Å². The molecule has 0 atom stereocenters. The fourth-order valence-electron chi connectivity index (χ4n) is 0.880. The second-order valence-corrected chi connectivity index (χ2v) is 2.99. The lowest BCUT2D eigenvalue weighted by Crippen LogP contribution is -2.28. The van der Waals surface area contributed by atoms with Gasteiger partial charge < -0.3 is 10.1 Å². The average molecular weight is 208 g/mol. The number of rotatable bonds is 4. The van der Waals surface area contributed by atoms with E-state index in [4.69, 9.17) is 4.74 Å². The molecule has 5 nitrogen and oxygen atoms in total. The second-order valence-electron chi connectivity index (χ2n) is 2.99. The summed E-state index contributed by atoms with van der Waals surface area (Å²) in [5.41, 5.74) is 0.801. The van der Waals surface area contributed by atoms with Gasteiger partial charge in [-0.05, 0) is 13.0 Å². The van der Waals surface area contributed by atoms with Gasteiger partial charge in [0.15, 0.2) is 0 Å². The number of pyridine rings is 1. The SMILES string of the molecule is CC(=O)CNC(=O)OCc1cccnc1. The molecule has 0 bridgehead atoms. The first-order valence-corrected chi connectivity index (χ1v) is 4.47. The van der Waals surface area contributed by atoms with Crippen LogP contribution in [0.3, 0.4) is 0 Å². The van der Waals surface area contributed by atoms with E-state index in [2.05, 4.69) is 10.3 Å². The van der Waals surface area contributed by atoms with Crippen LogP contribution in [-0.2, 0) is 16.1 Å². The standard InChI is InChI=1S/C10H12N2O3/c1-8(13)5-12-10(14)15-7-9-3-2-4-11-6-9/h2-4,6H,5,7H2,1H3,(H,12,14). The first-order chi connectivity index (χ1) is 7.18. The van der Waals surface area contributed by atoms with Crippen LogP contribution in [0.1, 0.15) is 12.5 Å². The molecule has 1 amide bonds. The molecule has 0 fully saturated rings. The number of nitrogens with one attached hydrogen (secondary N) is 1. The fourth-order valence-corrected chi connectivity index (χ4v) is 0.880. The van der Waals surface area contributed by atoms with E-state index >= 15 is 0 Å². The van der Waals surface area contributed by atoms with E-state index in [0.29, 0.717) is 0 Å². The van der Waals surface area contributed by atoms with Gasteiger partial charge in [-0.1, -0.05) is 6.07 Å². The van der Waals surface area contributed by atoms with Crippen LogP contribution in [0.4, 0.5) is 4.79 Å². The molecule has 0 unspecified atom stereocenters. The molecule has 1 N–H and O–H groups in total. The normalized spacial score (nSPS) is 9.40. The van der Waals surface area contributed by atoms with E-state index in [1.54, 1.807) is 24.5 Å². The van der Waals surface area contributed by atoms with Crippen LogP contribution < -0.4 is 5.32 Å². The quantitative estimate of drug-likeness (QED) is 0.798. The van der Waals surface area contributed by atoms with Crippen molar-refractivity contribution in [1.29, 1.82) is 0 Å². The predicted molar refractivity (Wildman–Crippen MR) is 53.1 cm³/mol. The number of carbonyl (C=O) groups is 2. The van der Waals surface area contributed by atoms with Gasteiger partial charge in [0.05, 0.1) is 6.54 Å². The molecule has 0 aliphatic heterocycles. The third-order valence-corrected chi connectivity index (χ3v) is 1.57. The van der Waals surface area contributed by atoms with E-state index in [-0.39, 0.29) is 18.9 Å². The molecule has 0 saturated heterocycles. The van der Waals surface area contributed by atoms with Crippen molar-refractivity contribution in [3.8, 4) is 0 Å². The van der Waals surface area contributed by atoms with Crippen LogP contribution in [0.25, 0.3) is 0 Å².